The molecule has 5 heteroatoms. The Morgan fingerprint density at radius 1 is 1.39 bits per heavy atom. The molecule has 0 saturated carbocycles. The van der Waals surface area contributed by atoms with Crippen molar-refractivity contribution in [2.24, 2.45) is 16.3 Å². The summed E-state index contributed by atoms with van der Waals surface area (Å²) in [6.07, 6.45) is 0. The fraction of sp³-hybridized carbons (Fsp3) is 0.385. The van der Waals surface area contributed by atoms with Gasteiger partial charge in [-0.2, -0.15) is 0 Å². The highest BCUT2D eigenvalue weighted by atomic mass is 16.4. The zero-order valence-corrected chi connectivity index (χ0v) is 10.8. The van der Waals surface area contributed by atoms with Crippen LogP contribution in [0.15, 0.2) is 35.5 Å². The second-order valence-electron chi connectivity index (χ2n) is 4.72. The summed E-state index contributed by atoms with van der Waals surface area (Å²) in [5.41, 5.74) is 5.46. The molecule has 0 aliphatic rings. The lowest BCUT2D eigenvalue weighted by molar-refractivity contribution is -0.127. The molecule has 0 spiro atoms. The Kier molecular flexibility index (Phi) is 4.31. The summed E-state index contributed by atoms with van der Waals surface area (Å²) >= 11 is 0. The Morgan fingerprint density at radius 3 is 2.44 bits per heavy atom. The molecular formula is C13H19N3O2. The average molecular weight is 249 g/mol. The zero-order chi connectivity index (χ0) is 13.8. The predicted molar refractivity (Wildman–Crippen MR) is 70.2 cm³/mol. The van der Waals surface area contributed by atoms with Crippen LogP contribution in [-0.4, -0.2) is 17.0 Å². The highest BCUT2D eigenvalue weighted by molar-refractivity contribution is 6.05. The number of nitrogens with one attached hydrogen (secondary N) is 1. The lowest BCUT2D eigenvalue weighted by Gasteiger charge is -2.24. The third-order valence-corrected chi connectivity index (χ3v) is 2.96. The van der Waals surface area contributed by atoms with Crippen LogP contribution in [0.4, 0.5) is 0 Å². The van der Waals surface area contributed by atoms with E-state index >= 15 is 0 Å². The summed E-state index contributed by atoms with van der Waals surface area (Å²) < 4.78 is 0. The zero-order valence-electron chi connectivity index (χ0n) is 10.8. The van der Waals surface area contributed by atoms with Gasteiger partial charge in [-0.05, 0) is 26.3 Å². The summed E-state index contributed by atoms with van der Waals surface area (Å²) in [4.78, 5) is 12.1. The van der Waals surface area contributed by atoms with Gasteiger partial charge in [-0.15, -0.1) is 0 Å². The first-order valence-electron chi connectivity index (χ1n) is 5.73. The van der Waals surface area contributed by atoms with Crippen molar-refractivity contribution < 1.29 is 10.0 Å². The number of nitrogens with zero attached hydrogens (tertiary/aromatic N) is 1. The fourth-order valence-corrected chi connectivity index (χ4v) is 1.44. The van der Waals surface area contributed by atoms with Crippen LogP contribution in [0.3, 0.4) is 0 Å². The minimum atomic E-state index is -1.04. The molecule has 5 nitrogen and oxygen atoms in total. The van der Waals surface area contributed by atoms with E-state index in [-0.39, 0.29) is 17.8 Å². The molecule has 0 fully saturated rings. The molecule has 0 saturated heterocycles. The molecule has 18 heavy (non-hydrogen) atoms. The molecule has 4 N–H and O–H groups in total. The molecule has 0 bridgehead atoms. The molecule has 98 valence electrons. The first kappa shape index (κ1) is 14.0. The van der Waals surface area contributed by atoms with E-state index < -0.39 is 5.41 Å². The number of nitrogens with two attached hydrogens (primary N) is 1. The Morgan fingerprint density at radius 2 is 1.94 bits per heavy atom. The van der Waals surface area contributed by atoms with Gasteiger partial charge in [0.15, 0.2) is 5.84 Å². The molecular weight excluding hydrogens is 230 g/mol. The predicted octanol–water partition coefficient (Wildman–Crippen LogP) is 1.64. The van der Waals surface area contributed by atoms with Crippen LogP contribution in [-0.2, 0) is 4.79 Å². The van der Waals surface area contributed by atoms with Crippen LogP contribution < -0.4 is 11.1 Å². The largest absolute Gasteiger partial charge is 0.409 e. The molecule has 0 radical (unpaired) electrons. The Hall–Kier alpha value is -2.04. The number of oxime groups is 1. The number of hydrogen-bond donors (Lipinski definition) is 3. The van der Waals surface area contributed by atoms with Gasteiger partial charge in [0.1, 0.15) is 5.41 Å². The second-order valence-corrected chi connectivity index (χ2v) is 4.72. The normalized spacial score (nSPS) is 14.1. The van der Waals surface area contributed by atoms with Gasteiger partial charge in [0.05, 0.1) is 6.04 Å². The van der Waals surface area contributed by atoms with Crippen LogP contribution in [0.1, 0.15) is 32.4 Å². The van der Waals surface area contributed by atoms with Crippen LogP contribution in [0.2, 0.25) is 0 Å². The van der Waals surface area contributed by atoms with E-state index in [1.54, 1.807) is 13.8 Å². The van der Waals surface area contributed by atoms with Crippen molar-refractivity contribution in [2.45, 2.75) is 26.8 Å². The maximum Gasteiger partial charge on any atom is 0.233 e. The fourth-order valence-electron chi connectivity index (χ4n) is 1.44. The monoisotopic (exact) mass is 249 g/mol. The standard InChI is InChI=1S/C13H19N3O2/c1-9(10-7-5-4-6-8-10)15-12(17)13(2,3)11(14)16-18/h4-9,18H,1-3H3,(H2,14,16)(H,15,17). The van der Waals surface area contributed by atoms with E-state index in [4.69, 9.17) is 10.9 Å². The first-order chi connectivity index (χ1) is 8.39. The maximum atomic E-state index is 12.1. The third-order valence-electron chi connectivity index (χ3n) is 2.96. The number of carbonyl (C=O) groups excluding carboxylic acids is 1. The first-order valence-corrected chi connectivity index (χ1v) is 5.73. The second kappa shape index (κ2) is 5.53. The molecule has 1 atom stereocenters. The number of hydrogen-bond acceptors (Lipinski definition) is 3. The Balaban J connectivity index is 2.77. The van der Waals surface area contributed by atoms with Crippen LogP contribution in [0.5, 0.6) is 0 Å². The van der Waals surface area contributed by atoms with E-state index in [1.807, 2.05) is 37.3 Å². The number of rotatable bonds is 4. The van der Waals surface area contributed by atoms with E-state index in [9.17, 15) is 4.79 Å². The molecule has 0 aromatic heterocycles. The number of amides is 1. The average Bonchev–Trinajstić information content (AvgIpc) is 2.38. The Bertz CT molecular complexity index is 441. The van der Waals surface area contributed by atoms with Crippen LogP contribution >= 0.6 is 0 Å². The smallest absolute Gasteiger partial charge is 0.233 e. The van der Waals surface area contributed by atoms with Gasteiger partial charge in [0, 0.05) is 0 Å². The Labute approximate surface area is 107 Å². The van der Waals surface area contributed by atoms with Crippen molar-refractivity contribution in [3.63, 3.8) is 0 Å². The molecule has 1 rings (SSSR count). The minimum Gasteiger partial charge on any atom is -0.409 e. The molecule has 1 amide bonds. The summed E-state index contributed by atoms with van der Waals surface area (Å²) in [5.74, 6) is -0.394. The van der Waals surface area contributed by atoms with Crippen molar-refractivity contribution in [1.29, 1.82) is 0 Å². The van der Waals surface area contributed by atoms with Gasteiger partial charge >= 0.3 is 0 Å². The minimum absolute atomic E-state index is 0.111. The number of benzene rings is 1. The molecule has 1 unspecified atom stereocenters. The van der Waals surface area contributed by atoms with E-state index in [0.717, 1.165) is 5.56 Å². The SMILES string of the molecule is CC(NC(=O)C(C)(C)C(N)=NO)c1ccccc1. The van der Waals surface area contributed by atoms with E-state index in [2.05, 4.69) is 10.5 Å². The summed E-state index contributed by atoms with van der Waals surface area (Å²) in [6.45, 7) is 5.10. The van der Waals surface area contributed by atoms with E-state index in [0.29, 0.717) is 0 Å². The topological polar surface area (TPSA) is 87.7 Å². The van der Waals surface area contributed by atoms with Crippen molar-refractivity contribution in [3.8, 4) is 0 Å². The summed E-state index contributed by atoms with van der Waals surface area (Å²) in [5, 5.41) is 14.4. The van der Waals surface area contributed by atoms with Gasteiger partial charge in [0.25, 0.3) is 0 Å². The van der Waals surface area contributed by atoms with Crippen molar-refractivity contribution in [2.75, 3.05) is 0 Å². The van der Waals surface area contributed by atoms with Gasteiger partial charge in [-0.1, -0.05) is 35.5 Å². The molecule has 1 aromatic carbocycles. The highest BCUT2D eigenvalue weighted by Gasteiger charge is 2.33. The quantitative estimate of drug-likeness (QED) is 0.328. The van der Waals surface area contributed by atoms with Gasteiger partial charge < -0.3 is 16.3 Å². The summed E-state index contributed by atoms with van der Waals surface area (Å²) in [7, 11) is 0. The van der Waals surface area contributed by atoms with Crippen molar-refractivity contribution in [1.82, 2.24) is 5.32 Å². The maximum absolute atomic E-state index is 12.1. The molecule has 0 aliphatic heterocycles. The van der Waals surface area contributed by atoms with Gasteiger partial charge in [-0.3, -0.25) is 4.79 Å². The third kappa shape index (κ3) is 3.00. The highest BCUT2D eigenvalue weighted by Crippen LogP contribution is 2.19. The van der Waals surface area contributed by atoms with Crippen molar-refractivity contribution >= 4 is 11.7 Å². The molecule has 0 heterocycles. The molecule has 0 aliphatic carbocycles. The van der Waals surface area contributed by atoms with Crippen LogP contribution in [0, 0.1) is 5.41 Å². The van der Waals surface area contributed by atoms with E-state index in [1.165, 1.54) is 0 Å². The van der Waals surface area contributed by atoms with Crippen LogP contribution in [0.25, 0.3) is 0 Å². The number of amidine groups is 1. The van der Waals surface area contributed by atoms with Gasteiger partial charge in [0.2, 0.25) is 5.91 Å². The van der Waals surface area contributed by atoms with Gasteiger partial charge in [-0.25, -0.2) is 0 Å². The lowest BCUT2D eigenvalue weighted by atomic mass is 9.90. The summed E-state index contributed by atoms with van der Waals surface area (Å²) in [6, 6.07) is 9.46. The molecule has 1 aromatic rings. The number of carbonyl (C=O) groups is 1. The lowest BCUT2D eigenvalue weighted by Crippen LogP contribution is -2.46. The van der Waals surface area contributed by atoms with Crippen molar-refractivity contribution in [3.05, 3.63) is 35.9 Å².